The minimum absolute atomic E-state index is 0.866. The zero-order valence-electron chi connectivity index (χ0n) is 9.99. The first-order valence-electron chi connectivity index (χ1n) is 4.98. The van der Waals surface area contributed by atoms with Gasteiger partial charge in [-0.15, -0.1) is 0 Å². The van der Waals surface area contributed by atoms with E-state index in [1.54, 1.807) is 0 Å². The van der Waals surface area contributed by atoms with Crippen molar-refractivity contribution in [3.05, 3.63) is 32.8 Å². The molecule has 0 N–H and O–H groups in total. The Morgan fingerprint density at radius 1 is 1.24 bits per heavy atom. The van der Waals surface area contributed by atoms with Gasteiger partial charge in [0, 0.05) is 5.56 Å². The summed E-state index contributed by atoms with van der Waals surface area (Å²) in [5, 5.41) is 6.26. The number of hydrogen-bond acceptors (Lipinski definition) is 3. The van der Waals surface area contributed by atoms with Crippen LogP contribution in [-0.4, -0.2) is 13.1 Å². The molecule has 0 aromatic heterocycles. The quantitative estimate of drug-likeness (QED) is 0.460. The molecule has 0 amide bonds. The summed E-state index contributed by atoms with van der Waals surface area (Å²) in [4.78, 5) is 11.3. The molecule has 1 atom stereocenters. The standard InChI is InChI=1S/C11H4Cl2F5NO2/c1-21-10(20)3(2-19)4-6(12)8(14)5(11(16,17)18)9(15)7(4)13/h3H,1H3. The van der Waals surface area contributed by atoms with Crippen LogP contribution in [0.1, 0.15) is 17.0 Å². The van der Waals surface area contributed by atoms with E-state index in [0.29, 0.717) is 0 Å². The van der Waals surface area contributed by atoms with E-state index in [2.05, 4.69) is 4.74 Å². The SMILES string of the molecule is COC(=O)C(C#N)c1c(Cl)c(F)c(C(F)(F)F)c(F)c1Cl. The van der Waals surface area contributed by atoms with Crippen LogP contribution in [0.15, 0.2) is 0 Å². The predicted octanol–water partition coefficient (Wildman–Crippen LogP) is 4.07. The summed E-state index contributed by atoms with van der Waals surface area (Å²) in [7, 11) is 0.866. The number of nitrogens with zero attached hydrogens (tertiary/aromatic N) is 1. The van der Waals surface area contributed by atoms with Crippen molar-refractivity contribution in [1.29, 1.82) is 5.26 Å². The summed E-state index contributed by atoms with van der Waals surface area (Å²) >= 11 is 10.7. The Hall–Kier alpha value is -1.59. The molecule has 0 saturated carbocycles. The average Bonchev–Trinajstić information content (AvgIpc) is 2.39. The Labute approximate surface area is 124 Å². The van der Waals surface area contributed by atoms with Gasteiger partial charge in [0.1, 0.15) is 5.56 Å². The van der Waals surface area contributed by atoms with Crippen molar-refractivity contribution in [2.24, 2.45) is 0 Å². The number of carbonyl (C=O) groups excluding carboxylic acids is 1. The highest BCUT2D eigenvalue weighted by Crippen LogP contribution is 2.43. The minimum Gasteiger partial charge on any atom is -0.468 e. The molecule has 1 aromatic carbocycles. The molecule has 3 nitrogen and oxygen atoms in total. The number of benzene rings is 1. The number of rotatable bonds is 2. The molecular weight excluding hydrogens is 344 g/mol. The van der Waals surface area contributed by atoms with Gasteiger partial charge < -0.3 is 4.74 Å². The predicted molar refractivity (Wildman–Crippen MR) is 61.7 cm³/mol. The topological polar surface area (TPSA) is 50.1 Å². The number of hydrogen-bond donors (Lipinski definition) is 0. The summed E-state index contributed by atoms with van der Waals surface area (Å²) in [6, 6.07) is 1.31. The Morgan fingerprint density at radius 3 is 1.95 bits per heavy atom. The first kappa shape index (κ1) is 17.5. The van der Waals surface area contributed by atoms with Gasteiger partial charge >= 0.3 is 12.1 Å². The largest absolute Gasteiger partial charge is 0.468 e. The molecule has 10 heteroatoms. The van der Waals surface area contributed by atoms with Crippen LogP contribution in [0.4, 0.5) is 22.0 Å². The van der Waals surface area contributed by atoms with Crippen LogP contribution in [0.5, 0.6) is 0 Å². The molecule has 0 aliphatic rings. The van der Waals surface area contributed by atoms with E-state index >= 15 is 0 Å². The second-order valence-corrected chi connectivity index (χ2v) is 4.38. The van der Waals surface area contributed by atoms with Crippen molar-refractivity contribution in [2.75, 3.05) is 7.11 Å². The second kappa shape index (κ2) is 6.03. The Balaban J connectivity index is 3.74. The molecule has 0 saturated heterocycles. The van der Waals surface area contributed by atoms with E-state index < -0.39 is 50.9 Å². The zero-order valence-corrected chi connectivity index (χ0v) is 11.5. The van der Waals surface area contributed by atoms with Gasteiger partial charge in [0.15, 0.2) is 17.6 Å². The molecule has 21 heavy (non-hydrogen) atoms. The normalized spacial score (nSPS) is 12.7. The number of halogens is 7. The van der Waals surface area contributed by atoms with Crippen LogP contribution >= 0.6 is 23.2 Å². The first-order chi connectivity index (χ1) is 9.57. The molecule has 0 spiro atoms. The lowest BCUT2D eigenvalue weighted by Gasteiger charge is -2.17. The van der Waals surface area contributed by atoms with Crippen LogP contribution in [0.25, 0.3) is 0 Å². The highest BCUT2D eigenvalue weighted by molar-refractivity contribution is 6.37. The fourth-order valence-electron chi connectivity index (χ4n) is 1.50. The van der Waals surface area contributed by atoms with Gasteiger partial charge in [0.05, 0.1) is 23.2 Å². The van der Waals surface area contributed by atoms with Gasteiger partial charge in [-0.05, 0) is 0 Å². The highest BCUT2D eigenvalue weighted by Gasteiger charge is 2.43. The highest BCUT2D eigenvalue weighted by atomic mass is 35.5. The van der Waals surface area contributed by atoms with E-state index in [1.807, 2.05) is 0 Å². The van der Waals surface area contributed by atoms with Crippen molar-refractivity contribution in [1.82, 2.24) is 0 Å². The summed E-state index contributed by atoms with van der Waals surface area (Å²) < 4.78 is 69.2. The molecule has 0 radical (unpaired) electrons. The summed E-state index contributed by atoms with van der Waals surface area (Å²) in [5.41, 5.74) is -3.22. The number of carbonyl (C=O) groups is 1. The van der Waals surface area contributed by atoms with E-state index in [9.17, 15) is 26.7 Å². The zero-order chi connectivity index (χ0) is 16.5. The smallest absolute Gasteiger partial charge is 0.422 e. The second-order valence-electron chi connectivity index (χ2n) is 3.63. The fourth-order valence-corrected chi connectivity index (χ4v) is 2.15. The molecule has 1 unspecified atom stereocenters. The van der Waals surface area contributed by atoms with Gasteiger partial charge in [-0.1, -0.05) is 23.2 Å². The van der Waals surface area contributed by atoms with Gasteiger partial charge in [-0.25, -0.2) is 8.78 Å². The lowest BCUT2D eigenvalue weighted by Crippen LogP contribution is -2.18. The van der Waals surface area contributed by atoms with Crippen molar-refractivity contribution in [2.45, 2.75) is 12.1 Å². The third-order valence-electron chi connectivity index (χ3n) is 2.44. The van der Waals surface area contributed by atoms with E-state index in [-0.39, 0.29) is 0 Å². The Morgan fingerprint density at radius 2 is 1.67 bits per heavy atom. The van der Waals surface area contributed by atoms with Crippen LogP contribution < -0.4 is 0 Å². The average molecular weight is 348 g/mol. The van der Waals surface area contributed by atoms with E-state index in [4.69, 9.17) is 28.5 Å². The number of nitriles is 1. The molecule has 114 valence electrons. The Kier molecular flexibility index (Phi) is 5.02. The van der Waals surface area contributed by atoms with E-state index in [1.165, 1.54) is 6.07 Å². The van der Waals surface area contributed by atoms with E-state index in [0.717, 1.165) is 7.11 Å². The van der Waals surface area contributed by atoms with Crippen LogP contribution in [0.2, 0.25) is 10.0 Å². The fraction of sp³-hybridized carbons (Fsp3) is 0.273. The molecule has 0 fully saturated rings. The molecule has 0 aliphatic heterocycles. The first-order valence-corrected chi connectivity index (χ1v) is 5.73. The molecular formula is C11H4Cl2F5NO2. The van der Waals surface area contributed by atoms with Crippen LogP contribution in [0, 0.1) is 23.0 Å². The number of ether oxygens (including phenoxy) is 1. The summed E-state index contributed by atoms with van der Waals surface area (Å²) in [6.45, 7) is 0. The summed E-state index contributed by atoms with van der Waals surface area (Å²) in [6.07, 6.45) is -5.40. The number of alkyl halides is 3. The lowest BCUT2D eigenvalue weighted by atomic mass is 9.97. The van der Waals surface area contributed by atoms with Crippen LogP contribution in [0.3, 0.4) is 0 Å². The van der Waals surface area contributed by atoms with Crippen molar-refractivity contribution < 1.29 is 31.5 Å². The van der Waals surface area contributed by atoms with Gasteiger partial charge in [-0.2, -0.15) is 18.4 Å². The third-order valence-corrected chi connectivity index (χ3v) is 3.17. The minimum atomic E-state index is -5.40. The van der Waals surface area contributed by atoms with Gasteiger partial charge in [0.25, 0.3) is 0 Å². The molecule has 0 heterocycles. The summed E-state index contributed by atoms with van der Waals surface area (Å²) in [5.74, 6) is -7.57. The number of esters is 1. The molecule has 0 bridgehead atoms. The maximum absolute atomic E-state index is 13.7. The maximum Gasteiger partial charge on any atom is 0.422 e. The van der Waals surface area contributed by atoms with Crippen molar-refractivity contribution in [3.63, 3.8) is 0 Å². The Bertz CT molecular complexity index is 610. The third kappa shape index (κ3) is 3.04. The molecule has 0 aliphatic carbocycles. The maximum atomic E-state index is 13.7. The molecule has 1 aromatic rings. The number of methoxy groups -OCH3 is 1. The van der Waals surface area contributed by atoms with Gasteiger partial charge in [-0.3, -0.25) is 4.79 Å². The van der Waals surface area contributed by atoms with Gasteiger partial charge in [0.2, 0.25) is 0 Å². The lowest BCUT2D eigenvalue weighted by molar-refractivity contribution is -0.142. The van der Waals surface area contributed by atoms with Crippen LogP contribution in [-0.2, 0) is 15.7 Å². The molecule has 1 rings (SSSR count). The monoisotopic (exact) mass is 347 g/mol. The van der Waals surface area contributed by atoms with Crippen molar-refractivity contribution >= 4 is 29.2 Å². The van der Waals surface area contributed by atoms with Crippen molar-refractivity contribution in [3.8, 4) is 6.07 Å².